The van der Waals surface area contributed by atoms with Crippen molar-refractivity contribution in [2.45, 2.75) is 64.6 Å². The Bertz CT molecular complexity index is 843. The minimum absolute atomic E-state index is 0.0103. The molecule has 1 N–H and O–H groups in total. The van der Waals surface area contributed by atoms with E-state index in [0.717, 1.165) is 24.8 Å². The van der Waals surface area contributed by atoms with Gasteiger partial charge < -0.3 is 14.6 Å². The first-order valence-electron chi connectivity index (χ1n) is 10.9. The van der Waals surface area contributed by atoms with Crippen LogP contribution in [0.2, 0.25) is 0 Å². The van der Waals surface area contributed by atoms with E-state index in [4.69, 9.17) is 9.47 Å². The second-order valence-electron chi connectivity index (χ2n) is 9.98. The van der Waals surface area contributed by atoms with Crippen molar-refractivity contribution < 1.29 is 29.0 Å². The van der Waals surface area contributed by atoms with E-state index in [9.17, 15) is 19.5 Å². The number of hydrogen-bond donors (Lipinski definition) is 1. The average molecular weight is 417 g/mol. The van der Waals surface area contributed by atoms with E-state index in [2.05, 4.69) is 13.8 Å². The van der Waals surface area contributed by atoms with Crippen molar-refractivity contribution in [1.29, 1.82) is 0 Å². The summed E-state index contributed by atoms with van der Waals surface area (Å²) < 4.78 is 10.9. The molecule has 0 aliphatic heterocycles. The van der Waals surface area contributed by atoms with Crippen molar-refractivity contribution in [3.8, 4) is 0 Å². The first-order chi connectivity index (χ1) is 14.1. The van der Waals surface area contributed by atoms with Gasteiger partial charge in [0.25, 0.3) is 0 Å². The summed E-state index contributed by atoms with van der Waals surface area (Å²) >= 11 is 0. The lowest BCUT2D eigenvalue weighted by molar-refractivity contribution is -0.188. The molecule has 0 heterocycles. The highest BCUT2D eigenvalue weighted by atomic mass is 16.5. The average Bonchev–Trinajstić information content (AvgIpc) is 2.99. The topological polar surface area (TPSA) is 89.9 Å². The molecule has 0 bridgehead atoms. The molecule has 0 saturated heterocycles. The minimum Gasteiger partial charge on any atom is -0.458 e. The molecule has 0 aromatic heterocycles. The van der Waals surface area contributed by atoms with Crippen molar-refractivity contribution in [1.82, 2.24) is 0 Å². The molecule has 7 atom stereocenters. The molecule has 6 heteroatoms. The first-order valence-corrected chi connectivity index (χ1v) is 10.9. The third kappa shape index (κ3) is 2.79. The van der Waals surface area contributed by atoms with Crippen LogP contribution in [-0.4, -0.2) is 48.1 Å². The Kier molecular flexibility index (Phi) is 5.09. The highest BCUT2D eigenvalue weighted by Crippen LogP contribution is 2.67. The predicted octanol–water partition coefficient (Wildman–Crippen LogP) is 2.78. The molecule has 4 rings (SSSR count). The summed E-state index contributed by atoms with van der Waals surface area (Å²) in [5, 5.41) is 11.4. The van der Waals surface area contributed by atoms with Crippen LogP contribution < -0.4 is 0 Å². The van der Waals surface area contributed by atoms with Gasteiger partial charge in [-0.15, -0.1) is 0 Å². The van der Waals surface area contributed by atoms with Crippen molar-refractivity contribution in [2.24, 2.45) is 28.6 Å². The van der Waals surface area contributed by atoms with Gasteiger partial charge in [0.2, 0.25) is 5.78 Å². The Balaban J connectivity index is 1.69. The summed E-state index contributed by atoms with van der Waals surface area (Å²) in [6.45, 7) is 5.18. The molecule has 0 radical (unpaired) electrons. The molecule has 164 valence electrons. The van der Waals surface area contributed by atoms with Crippen molar-refractivity contribution >= 4 is 17.5 Å². The predicted molar refractivity (Wildman–Crippen MR) is 109 cm³/mol. The van der Waals surface area contributed by atoms with Gasteiger partial charge in [-0.1, -0.05) is 25.5 Å². The maximum absolute atomic E-state index is 13.2. The molecule has 30 heavy (non-hydrogen) atoms. The first kappa shape index (κ1) is 21.4. The SMILES string of the molecule is CO[C@]1(C(=O)COC(C)=O)CC[C@H]2[C@@H]3CCC4=CC(=O)C=C[C@]4(C)[C@H]3[C@@H](O)C[C@@]21C. The molecule has 3 saturated carbocycles. The number of fused-ring (bicyclic) bond motifs is 5. The zero-order chi connectivity index (χ0) is 21.9. The lowest BCUT2D eigenvalue weighted by Crippen LogP contribution is -2.62. The largest absolute Gasteiger partial charge is 0.458 e. The van der Waals surface area contributed by atoms with Crippen molar-refractivity contribution in [3.05, 3.63) is 23.8 Å². The zero-order valence-electron chi connectivity index (χ0n) is 18.3. The van der Waals surface area contributed by atoms with Crippen LogP contribution in [0.25, 0.3) is 0 Å². The molecule has 4 aliphatic carbocycles. The van der Waals surface area contributed by atoms with Crippen molar-refractivity contribution in [3.63, 3.8) is 0 Å². The number of hydrogen-bond acceptors (Lipinski definition) is 6. The molecule has 3 fully saturated rings. The number of Topliss-reactive ketones (excluding diaryl/α,β-unsaturated/α-hetero) is 1. The van der Waals surface area contributed by atoms with Gasteiger partial charge in [-0.25, -0.2) is 0 Å². The molecule has 4 aliphatic rings. The van der Waals surface area contributed by atoms with Gasteiger partial charge in [-0.05, 0) is 56.1 Å². The van der Waals surface area contributed by atoms with Gasteiger partial charge in [0, 0.05) is 30.8 Å². The quantitative estimate of drug-likeness (QED) is 0.709. The van der Waals surface area contributed by atoms with E-state index in [1.807, 2.05) is 6.08 Å². The van der Waals surface area contributed by atoms with Crippen LogP contribution >= 0.6 is 0 Å². The fourth-order valence-corrected chi connectivity index (χ4v) is 7.50. The molecule has 0 spiro atoms. The van der Waals surface area contributed by atoms with Gasteiger partial charge in [-0.3, -0.25) is 14.4 Å². The molecule has 0 aromatic rings. The number of carbonyl (C=O) groups excluding carboxylic acids is 3. The number of allylic oxidation sites excluding steroid dienone is 4. The number of carbonyl (C=O) groups is 3. The molecular formula is C24H32O6. The number of aliphatic hydroxyl groups excluding tert-OH is 1. The number of esters is 1. The summed E-state index contributed by atoms with van der Waals surface area (Å²) in [5.41, 5.74) is -0.821. The Labute approximate surface area is 177 Å². The smallest absolute Gasteiger partial charge is 0.303 e. The third-order valence-corrected chi connectivity index (χ3v) is 8.82. The molecule has 0 aromatic carbocycles. The number of ether oxygens (including phenoxy) is 2. The number of rotatable bonds is 4. The second kappa shape index (κ2) is 7.13. The van der Waals surface area contributed by atoms with Gasteiger partial charge in [-0.2, -0.15) is 0 Å². The maximum atomic E-state index is 13.2. The molecule has 0 unspecified atom stereocenters. The van der Waals surface area contributed by atoms with Crippen LogP contribution in [0.5, 0.6) is 0 Å². The summed E-state index contributed by atoms with van der Waals surface area (Å²) in [4.78, 5) is 36.4. The van der Waals surface area contributed by atoms with E-state index in [-0.39, 0.29) is 41.3 Å². The maximum Gasteiger partial charge on any atom is 0.303 e. The molecule has 6 nitrogen and oxygen atoms in total. The summed E-state index contributed by atoms with van der Waals surface area (Å²) in [6, 6.07) is 0. The Morgan fingerprint density at radius 2 is 2.00 bits per heavy atom. The van der Waals surface area contributed by atoms with E-state index >= 15 is 0 Å². The van der Waals surface area contributed by atoms with Crippen molar-refractivity contribution in [2.75, 3.05) is 13.7 Å². The number of ketones is 2. The molecular weight excluding hydrogens is 384 g/mol. The lowest BCUT2D eigenvalue weighted by Gasteiger charge is -2.60. The van der Waals surface area contributed by atoms with Gasteiger partial charge in [0.1, 0.15) is 5.60 Å². The van der Waals surface area contributed by atoms with Gasteiger partial charge >= 0.3 is 5.97 Å². The highest BCUT2D eigenvalue weighted by Gasteiger charge is 2.69. The molecule has 0 amide bonds. The monoisotopic (exact) mass is 416 g/mol. The second-order valence-corrected chi connectivity index (χ2v) is 9.98. The van der Waals surface area contributed by atoms with E-state index in [1.54, 1.807) is 19.3 Å². The zero-order valence-corrected chi connectivity index (χ0v) is 18.3. The lowest BCUT2D eigenvalue weighted by atomic mass is 9.46. The Morgan fingerprint density at radius 3 is 2.67 bits per heavy atom. The van der Waals surface area contributed by atoms with E-state index in [0.29, 0.717) is 12.8 Å². The van der Waals surface area contributed by atoms with Crippen LogP contribution in [0.4, 0.5) is 0 Å². The minimum atomic E-state index is -1.06. The summed E-state index contributed by atoms with van der Waals surface area (Å²) in [5.74, 6) is -0.228. The summed E-state index contributed by atoms with van der Waals surface area (Å²) in [6.07, 6.45) is 8.31. The summed E-state index contributed by atoms with van der Waals surface area (Å²) in [7, 11) is 1.55. The van der Waals surface area contributed by atoms with Crippen LogP contribution in [0.15, 0.2) is 23.8 Å². The van der Waals surface area contributed by atoms with Crippen LogP contribution in [0.1, 0.15) is 52.9 Å². The van der Waals surface area contributed by atoms with Gasteiger partial charge in [0.05, 0.1) is 6.10 Å². The fourth-order valence-electron chi connectivity index (χ4n) is 7.50. The normalized spacial score (nSPS) is 44.6. The van der Waals surface area contributed by atoms with Crippen LogP contribution in [-0.2, 0) is 23.9 Å². The highest BCUT2D eigenvalue weighted by molar-refractivity contribution is 6.01. The number of methoxy groups -OCH3 is 1. The van der Waals surface area contributed by atoms with Crippen LogP contribution in [0, 0.1) is 28.6 Å². The van der Waals surface area contributed by atoms with E-state index < -0.39 is 23.1 Å². The number of aliphatic hydroxyl groups is 1. The standard InChI is InChI=1S/C24H32O6/c1-14(25)30-13-20(28)24(29-4)10-8-18-17-6-5-15-11-16(26)7-9-22(15,2)21(17)19(27)12-23(18,24)3/h7,9,11,17-19,21,27H,5-6,8,10,12-13H2,1-4H3/t17-,18-,19-,21+,22-,23-,24-/m0/s1. The fraction of sp³-hybridized carbons (Fsp3) is 0.708. The third-order valence-electron chi connectivity index (χ3n) is 8.82. The Morgan fingerprint density at radius 1 is 1.27 bits per heavy atom. The van der Waals surface area contributed by atoms with Gasteiger partial charge in [0.15, 0.2) is 12.4 Å². The van der Waals surface area contributed by atoms with Crippen LogP contribution in [0.3, 0.4) is 0 Å². The Hall–Kier alpha value is -1.79. The van der Waals surface area contributed by atoms with E-state index in [1.165, 1.54) is 6.92 Å².